The van der Waals surface area contributed by atoms with Crippen LogP contribution in [0.25, 0.3) is 11.1 Å². The van der Waals surface area contributed by atoms with Gasteiger partial charge in [0.1, 0.15) is 11.9 Å². The van der Waals surface area contributed by atoms with Gasteiger partial charge in [0.2, 0.25) is 0 Å². The van der Waals surface area contributed by atoms with E-state index in [4.69, 9.17) is 4.74 Å². The number of nitrogens with zero attached hydrogens (tertiary/aromatic N) is 1. The smallest absolute Gasteiger partial charge is 0.419 e. The Morgan fingerprint density at radius 2 is 1.66 bits per heavy atom. The standard InChI is InChI=1S/C28H24F4N2O4/c1-15(2)24(27(37)38-3)34-14-18-8-7-17(13-21(18)26(34)36)16-9-11-19(12-10-16)33-25(35)20-5-4-6-22(23(20)29)28(30,31)32/h4-13,15,24H,14H2,1-3H3,(H,33,35)/t24-/m0/s1. The highest BCUT2D eigenvalue weighted by Gasteiger charge is 2.39. The van der Waals surface area contributed by atoms with Crippen LogP contribution < -0.4 is 5.32 Å². The van der Waals surface area contributed by atoms with E-state index in [0.29, 0.717) is 22.8 Å². The summed E-state index contributed by atoms with van der Waals surface area (Å²) in [4.78, 5) is 39.4. The monoisotopic (exact) mass is 528 g/mol. The van der Waals surface area contributed by atoms with Gasteiger partial charge in [-0.1, -0.05) is 44.2 Å². The minimum Gasteiger partial charge on any atom is -0.467 e. The Balaban J connectivity index is 1.52. The number of ether oxygens (including phenoxy) is 1. The number of carbonyl (C=O) groups is 3. The van der Waals surface area contributed by atoms with Crippen LogP contribution in [-0.2, 0) is 22.3 Å². The van der Waals surface area contributed by atoms with Gasteiger partial charge in [-0.25, -0.2) is 9.18 Å². The maximum absolute atomic E-state index is 14.3. The molecule has 1 aliphatic rings. The fourth-order valence-corrected chi connectivity index (χ4v) is 4.48. The average molecular weight is 529 g/mol. The van der Waals surface area contributed by atoms with E-state index in [1.807, 2.05) is 26.0 Å². The van der Waals surface area contributed by atoms with E-state index < -0.39 is 41.0 Å². The van der Waals surface area contributed by atoms with Crippen LogP contribution in [0.15, 0.2) is 60.7 Å². The lowest BCUT2D eigenvalue weighted by molar-refractivity contribution is -0.147. The first kappa shape index (κ1) is 26.8. The van der Waals surface area contributed by atoms with Gasteiger partial charge in [-0.15, -0.1) is 0 Å². The molecule has 1 aliphatic heterocycles. The molecule has 6 nitrogen and oxygen atoms in total. The number of methoxy groups -OCH3 is 1. The molecule has 0 aromatic heterocycles. The van der Waals surface area contributed by atoms with Crippen molar-refractivity contribution in [2.24, 2.45) is 5.92 Å². The fraction of sp³-hybridized carbons (Fsp3) is 0.250. The third-order valence-corrected chi connectivity index (χ3v) is 6.38. The second-order valence-electron chi connectivity index (χ2n) is 9.21. The molecular formula is C28H24F4N2O4. The van der Waals surface area contributed by atoms with E-state index in [1.165, 1.54) is 24.1 Å². The molecule has 0 bridgehead atoms. The number of carbonyl (C=O) groups excluding carboxylic acids is 3. The quantitative estimate of drug-likeness (QED) is 0.319. The highest BCUT2D eigenvalue weighted by atomic mass is 19.4. The summed E-state index contributed by atoms with van der Waals surface area (Å²) in [5.41, 5.74) is 0.663. The first-order valence-corrected chi connectivity index (χ1v) is 11.7. The van der Waals surface area contributed by atoms with Crippen molar-refractivity contribution in [2.75, 3.05) is 12.4 Å². The lowest BCUT2D eigenvalue weighted by atomic mass is 10.00. The Hall–Kier alpha value is -4.21. The van der Waals surface area contributed by atoms with E-state index in [9.17, 15) is 31.9 Å². The number of amides is 2. The lowest BCUT2D eigenvalue weighted by Gasteiger charge is -2.28. The number of anilines is 1. The molecule has 0 spiro atoms. The average Bonchev–Trinajstić information content (AvgIpc) is 3.18. The van der Waals surface area contributed by atoms with Crippen LogP contribution in [0.4, 0.5) is 23.2 Å². The van der Waals surface area contributed by atoms with Crippen LogP contribution in [0.1, 0.15) is 45.7 Å². The molecule has 1 N–H and O–H groups in total. The van der Waals surface area contributed by atoms with Crippen molar-refractivity contribution in [1.29, 1.82) is 0 Å². The molecule has 3 aromatic rings. The van der Waals surface area contributed by atoms with Crippen LogP contribution in [0, 0.1) is 11.7 Å². The molecule has 198 valence electrons. The second kappa shape index (κ2) is 10.3. The number of halogens is 4. The van der Waals surface area contributed by atoms with Gasteiger partial charge in [-0.2, -0.15) is 13.2 Å². The Morgan fingerprint density at radius 3 is 2.26 bits per heavy atom. The van der Waals surface area contributed by atoms with E-state index in [1.54, 1.807) is 18.2 Å². The Kier molecular flexibility index (Phi) is 7.26. The van der Waals surface area contributed by atoms with Gasteiger partial charge >= 0.3 is 12.1 Å². The van der Waals surface area contributed by atoms with Crippen LogP contribution in [-0.4, -0.2) is 35.8 Å². The molecule has 1 heterocycles. The van der Waals surface area contributed by atoms with Gasteiger partial charge in [0.05, 0.1) is 18.2 Å². The third-order valence-electron chi connectivity index (χ3n) is 6.38. The molecule has 4 rings (SSSR count). The molecule has 38 heavy (non-hydrogen) atoms. The molecule has 0 saturated carbocycles. The molecule has 0 saturated heterocycles. The van der Waals surface area contributed by atoms with Crippen molar-refractivity contribution < 1.29 is 36.7 Å². The van der Waals surface area contributed by atoms with Crippen LogP contribution in [0.3, 0.4) is 0 Å². The number of rotatable bonds is 6. The van der Waals surface area contributed by atoms with Crippen molar-refractivity contribution in [1.82, 2.24) is 4.90 Å². The Morgan fingerprint density at radius 1 is 1.00 bits per heavy atom. The van der Waals surface area contributed by atoms with Crippen molar-refractivity contribution in [3.05, 3.63) is 88.7 Å². The van der Waals surface area contributed by atoms with Gasteiger partial charge in [0, 0.05) is 17.8 Å². The molecular weight excluding hydrogens is 504 g/mol. The van der Waals surface area contributed by atoms with Gasteiger partial charge in [0.15, 0.2) is 0 Å². The summed E-state index contributed by atoms with van der Waals surface area (Å²) < 4.78 is 58.1. The minimum absolute atomic E-state index is 0.146. The number of esters is 1. The zero-order chi connectivity index (χ0) is 27.8. The predicted octanol–water partition coefficient (Wildman–Crippen LogP) is 5.92. The van der Waals surface area contributed by atoms with E-state index in [-0.39, 0.29) is 24.1 Å². The van der Waals surface area contributed by atoms with E-state index >= 15 is 0 Å². The molecule has 1 atom stereocenters. The Bertz CT molecular complexity index is 1400. The van der Waals surface area contributed by atoms with E-state index in [2.05, 4.69) is 5.32 Å². The second-order valence-corrected chi connectivity index (χ2v) is 9.21. The van der Waals surface area contributed by atoms with Gasteiger partial charge in [-0.3, -0.25) is 9.59 Å². The molecule has 0 aliphatic carbocycles. The van der Waals surface area contributed by atoms with Crippen molar-refractivity contribution in [3.63, 3.8) is 0 Å². The first-order valence-electron chi connectivity index (χ1n) is 11.7. The SMILES string of the molecule is COC(=O)[C@H](C(C)C)N1Cc2ccc(-c3ccc(NC(=O)c4cccc(C(F)(F)F)c4F)cc3)cc2C1=O. The number of fused-ring (bicyclic) bond motifs is 1. The molecule has 0 unspecified atom stereocenters. The lowest BCUT2D eigenvalue weighted by Crippen LogP contribution is -2.45. The van der Waals surface area contributed by atoms with Gasteiger partial charge in [-0.05, 0) is 52.9 Å². The predicted molar refractivity (Wildman–Crippen MR) is 132 cm³/mol. The topological polar surface area (TPSA) is 75.7 Å². The summed E-state index contributed by atoms with van der Waals surface area (Å²) in [5, 5.41) is 2.40. The summed E-state index contributed by atoms with van der Waals surface area (Å²) in [7, 11) is 1.28. The van der Waals surface area contributed by atoms with Crippen molar-refractivity contribution >= 4 is 23.5 Å². The number of alkyl halides is 3. The zero-order valence-electron chi connectivity index (χ0n) is 20.7. The van der Waals surface area contributed by atoms with Crippen LogP contribution >= 0.6 is 0 Å². The summed E-state index contributed by atoms with van der Waals surface area (Å²) in [6.07, 6.45) is -4.93. The van der Waals surface area contributed by atoms with Crippen molar-refractivity contribution in [3.8, 4) is 11.1 Å². The molecule has 0 fully saturated rings. The zero-order valence-corrected chi connectivity index (χ0v) is 20.7. The summed E-state index contributed by atoms with van der Waals surface area (Å²) >= 11 is 0. The molecule has 0 radical (unpaired) electrons. The summed E-state index contributed by atoms with van der Waals surface area (Å²) in [5.74, 6) is -3.57. The first-order chi connectivity index (χ1) is 17.9. The number of benzene rings is 3. The van der Waals surface area contributed by atoms with Crippen LogP contribution in [0.2, 0.25) is 0 Å². The number of hydrogen-bond donors (Lipinski definition) is 1. The maximum atomic E-state index is 14.3. The van der Waals surface area contributed by atoms with Gasteiger partial charge in [0.25, 0.3) is 11.8 Å². The third kappa shape index (κ3) is 5.11. The number of nitrogens with one attached hydrogen (secondary N) is 1. The highest BCUT2D eigenvalue weighted by Crippen LogP contribution is 2.34. The fourth-order valence-electron chi connectivity index (χ4n) is 4.48. The Labute approximate surface area is 216 Å². The van der Waals surface area contributed by atoms with E-state index in [0.717, 1.165) is 17.7 Å². The molecule has 10 heteroatoms. The number of hydrogen-bond acceptors (Lipinski definition) is 4. The summed E-state index contributed by atoms with van der Waals surface area (Å²) in [6.45, 7) is 3.96. The molecule has 3 aromatic carbocycles. The minimum atomic E-state index is -4.93. The molecule has 2 amide bonds. The highest BCUT2D eigenvalue weighted by molar-refractivity contribution is 6.05. The largest absolute Gasteiger partial charge is 0.467 e. The summed E-state index contributed by atoms with van der Waals surface area (Å²) in [6, 6.07) is 13.5. The van der Waals surface area contributed by atoms with Gasteiger partial charge < -0.3 is 15.0 Å². The maximum Gasteiger partial charge on any atom is 0.419 e. The van der Waals surface area contributed by atoms with Crippen LogP contribution in [0.5, 0.6) is 0 Å². The van der Waals surface area contributed by atoms with Crippen molar-refractivity contribution in [2.45, 2.75) is 32.6 Å². The normalized spacial score (nSPS) is 13.9.